The van der Waals surface area contributed by atoms with Crippen LogP contribution >= 0.6 is 0 Å². The Morgan fingerprint density at radius 3 is 2.50 bits per heavy atom. The van der Waals surface area contributed by atoms with Crippen LogP contribution in [-0.2, 0) is 4.79 Å². The van der Waals surface area contributed by atoms with Gasteiger partial charge in [-0.3, -0.25) is 9.69 Å². The Labute approximate surface area is 92.6 Å². The highest BCUT2D eigenvalue weighted by Crippen LogP contribution is 2.22. The molecule has 0 aliphatic carbocycles. The maximum atomic E-state index is 11.7. The lowest BCUT2D eigenvalue weighted by Crippen LogP contribution is -2.28. The number of rotatable bonds is 2. The lowest BCUT2D eigenvalue weighted by atomic mass is 10.1. The Balaban J connectivity index is 2.27. The summed E-state index contributed by atoms with van der Waals surface area (Å²) in [5.74, 6) is 0.885. The molecule has 1 fully saturated rings. The van der Waals surface area contributed by atoms with Crippen LogP contribution in [-0.4, -0.2) is 29.0 Å². The van der Waals surface area contributed by atoms with Gasteiger partial charge in [0.1, 0.15) is 11.6 Å². The van der Waals surface area contributed by atoms with Crippen molar-refractivity contribution >= 4 is 23.5 Å². The molecular weight excluding hydrogens is 208 g/mol. The molecule has 1 saturated heterocycles. The van der Waals surface area contributed by atoms with Gasteiger partial charge in [0.15, 0.2) is 0 Å². The Morgan fingerprint density at radius 1 is 1.38 bits per heavy atom. The van der Waals surface area contributed by atoms with E-state index in [2.05, 4.69) is 9.97 Å². The van der Waals surface area contributed by atoms with Gasteiger partial charge >= 0.3 is 0 Å². The van der Waals surface area contributed by atoms with Crippen LogP contribution in [0.5, 0.6) is 0 Å². The Hall–Kier alpha value is -1.89. The van der Waals surface area contributed by atoms with Crippen LogP contribution < -0.4 is 22.1 Å². The zero-order valence-corrected chi connectivity index (χ0v) is 8.76. The number of nitrogens with two attached hydrogens (primary N) is 3. The first-order valence-corrected chi connectivity index (χ1v) is 5.00. The van der Waals surface area contributed by atoms with Gasteiger partial charge in [0, 0.05) is 19.0 Å². The van der Waals surface area contributed by atoms with E-state index in [1.165, 1.54) is 11.0 Å². The summed E-state index contributed by atoms with van der Waals surface area (Å²) < 4.78 is 0. The molecule has 1 atom stereocenters. The molecule has 2 heterocycles. The molecule has 0 bridgehead atoms. The first-order chi connectivity index (χ1) is 7.60. The zero-order chi connectivity index (χ0) is 11.7. The summed E-state index contributed by atoms with van der Waals surface area (Å²) >= 11 is 0. The highest BCUT2D eigenvalue weighted by atomic mass is 16.2. The minimum atomic E-state index is -0.0412. The highest BCUT2D eigenvalue weighted by molar-refractivity contribution is 5.94. The van der Waals surface area contributed by atoms with Gasteiger partial charge in [0.05, 0.1) is 0 Å². The maximum absolute atomic E-state index is 11.7. The van der Waals surface area contributed by atoms with Gasteiger partial charge in [0.2, 0.25) is 11.9 Å². The summed E-state index contributed by atoms with van der Waals surface area (Å²) in [6.07, 6.45) is 0.425. The predicted molar refractivity (Wildman–Crippen MR) is 60.4 cm³/mol. The van der Waals surface area contributed by atoms with Crippen molar-refractivity contribution in [2.45, 2.75) is 6.42 Å². The fourth-order valence-electron chi connectivity index (χ4n) is 1.73. The van der Waals surface area contributed by atoms with Crippen LogP contribution in [0.1, 0.15) is 6.42 Å². The summed E-state index contributed by atoms with van der Waals surface area (Å²) in [7, 11) is 0. The van der Waals surface area contributed by atoms with Gasteiger partial charge in [-0.25, -0.2) is 0 Å². The molecule has 16 heavy (non-hydrogen) atoms. The van der Waals surface area contributed by atoms with Crippen LogP contribution in [0.3, 0.4) is 0 Å². The molecule has 7 nitrogen and oxygen atoms in total. The van der Waals surface area contributed by atoms with Gasteiger partial charge in [-0.05, 0) is 12.5 Å². The van der Waals surface area contributed by atoms with Crippen LogP contribution in [0.2, 0.25) is 0 Å². The van der Waals surface area contributed by atoms with Crippen molar-refractivity contribution in [2.75, 3.05) is 29.5 Å². The van der Waals surface area contributed by atoms with E-state index in [0.29, 0.717) is 19.5 Å². The molecule has 6 N–H and O–H groups in total. The Bertz CT molecular complexity index is 400. The fourth-order valence-corrected chi connectivity index (χ4v) is 1.73. The number of hydrogen-bond acceptors (Lipinski definition) is 6. The van der Waals surface area contributed by atoms with Crippen molar-refractivity contribution in [1.82, 2.24) is 9.97 Å². The molecule has 1 aliphatic heterocycles. The molecule has 7 heteroatoms. The normalized spacial score (nSPS) is 20.4. The van der Waals surface area contributed by atoms with E-state index < -0.39 is 0 Å². The van der Waals surface area contributed by atoms with Crippen molar-refractivity contribution in [3.8, 4) is 0 Å². The lowest BCUT2D eigenvalue weighted by Gasteiger charge is -2.14. The molecule has 2 rings (SSSR count). The summed E-state index contributed by atoms with van der Waals surface area (Å²) in [4.78, 5) is 21.1. The molecule has 0 radical (unpaired) electrons. The molecule has 0 spiro atoms. The number of carbonyl (C=O) groups excluding carboxylic acids is 1. The van der Waals surface area contributed by atoms with Crippen molar-refractivity contribution < 1.29 is 4.79 Å². The number of aromatic nitrogens is 2. The second kappa shape index (κ2) is 3.93. The monoisotopic (exact) mass is 222 g/mol. The van der Waals surface area contributed by atoms with E-state index in [1.54, 1.807) is 0 Å². The Kier molecular flexibility index (Phi) is 2.61. The van der Waals surface area contributed by atoms with Gasteiger partial charge < -0.3 is 17.2 Å². The maximum Gasteiger partial charge on any atom is 0.236 e. The van der Waals surface area contributed by atoms with Crippen molar-refractivity contribution in [1.29, 1.82) is 0 Å². The van der Waals surface area contributed by atoms with E-state index in [9.17, 15) is 4.79 Å². The first kappa shape index (κ1) is 10.6. The van der Waals surface area contributed by atoms with E-state index in [4.69, 9.17) is 17.2 Å². The van der Waals surface area contributed by atoms with E-state index in [-0.39, 0.29) is 29.4 Å². The molecule has 0 saturated carbocycles. The van der Waals surface area contributed by atoms with Gasteiger partial charge in [-0.2, -0.15) is 9.97 Å². The zero-order valence-electron chi connectivity index (χ0n) is 8.76. The number of anilines is 3. The second-order valence-electron chi connectivity index (χ2n) is 3.83. The average Bonchev–Trinajstić information content (AvgIpc) is 2.58. The first-order valence-electron chi connectivity index (χ1n) is 5.00. The molecule has 0 aromatic carbocycles. The van der Waals surface area contributed by atoms with Crippen LogP contribution in [0.25, 0.3) is 0 Å². The van der Waals surface area contributed by atoms with Gasteiger partial charge in [-0.15, -0.1) is 0 Å². The third kappa shape index (κ3) is 1.89. The summed E-state index contributed by atoms with van der Waals surface area (Å²) in [5.41, 5.74) is 16.6. The fraction of sp³-hybridized carbons (Fsp3) is 0.444. The number of nitrogen functional groups attached to an aromatic ring is 2. The third-order valence-electron chi connectivity index (χ3n) is 2.53. The predicted octanol–water partition coefficient (Wildman–Crippen LogP) is -1.05. The van der Waals surface area contributed by atoms with Crippen LogP contribution in [0.15, 0.2) is 6.07 Å². The third-order valence-corrected chi connectivity index (χ3v) is 2.53. The van der Waals surface area contributed by atoms with Crippen molar-refractivity contribution in [3.63, 3.8) is 0 Å². The van der Waals surface area contributed by atoms with Gasteiger partial charge in [0.25, 0.3) is 0 Å². The molecule has 1 unspecified atom stereocenters. The van der Waals surface area contributed by atoms with Gasteiger partial charge in [-0.1, -0.05) is 0 Å². The highest BCUT2D eigenvalue weighted by Gasteiger charge is 2.31. The second-order valence-corrected chi connectivity index (χ2v) is 3.83. The van der Waals surface area contributed by atoms with E-state index in [0.717, 1.165) is 0 Å². The number of amides is 1. The topological polar surface area (TPSA) is 124 Å². The SMILES string of the molecule is NCC1CC(=O)N(c2nc(N)cc(N)n2)C1. The molecule has 1 aliphatic rings. The van der Waals surface area contributed by atoms with E-state index >= 15 is 0 Å². The minimum absolute atomic E-state index is 0.0412. The molecule has 1 aromatic heterocycles. The Morgan fingerprint density at radius 2 is 2.00 bits per heavy atom. The molecule has 86 valence electrons. The summed E-state index contributed by atoms with van der Waals surface area (Å²) in [6.45, 7) is 0.998. The van der Waals surface area contributed by atoms with Crippen LogP contribution in [0, 0.1) is 5.92 Å². The summed E-state index contributed by atoms with van der Waals surface area (Å²) in [6, 6.07) is 1.45. The minimum Gasteiger partial charge on any atom is -0.383 e. The standard InChI is InChI=1S/C9H14N6O/c10-3-5-1-8(16)15(4-5)9-13-6(11)2-7(12)14-9/h2,5H,1,3-4,10H2,(H4,11,12,13,14). The lowest BCUT2D eigenvalue weighted by molar-refractivity contribution is -0.117. The smallest absolute Gasteiger partial charge is 0.236 e. The molecule has 1 amide bonds. The van der Waals surface area contributed by atoms with Crippen molar-refractivity contribution in [3.05, 3.63) is 6.07 Å². The largest absolute Gasteiger partial charge is 0.383 e. The molecular formula is C9H14N6O. The molecule has 1 aromatic rings. The average molecular weight is 222 g/mol. The number of carbonyl (C=O) groups is 1. The number of hydrogen-bond donors (Lipinski definition) is 3. The quantitative estimate of drug-likeness (QED) is 0.586. The number of nitrogens with zero attached hydrogens (tertiary/aromatic N) is 3. The van der Waals surface area contributed by atoms with E-state index in [1.807, 2.05) is 0 Å². The summed E-state index contributed by atoms with van der Waals surface area (Å²) in [5, 5.41) is 0. The van der Waals surface area contributed by atoms with Crippen LogP contribution in [0.4, 0.5) is 17.6 Å². The van der Waals surface area contributed by atoms with Crippen molar-refractivity contribution in [2.24, 2.45) is 11.7 Å².